The predicted octanol–water partition coefficient (Wildman–Crippen LogP) is -0.0626. The average molecular weight is 311 g/mol. The summed E-state index contributed by atoms with van der Waals surface area (Å²) in [4.78, 5) is 35.4. The van der Waals surface area contributed by atoms with Crippen LogP contribution in [-0.2, 0) is 15.1 Å². The second-order valence-corrected chi connectivity index (χ2v) is 5.87. The molecule has 2 rings (SSSR count). The lowest BCUT2D eigenvalue weighted by Gasteiger charge is -2.25. The quantitative estimate of drug-likeness (QED) is 0.665. The van der Waals surface area contributed by atoms with Crippen LogP contribution in [0.3, 0.4) is 0 Å². The first kappa shape index (κ1) is 15.7. The molecule has 2 heterocycles. The van der Waals surface area contributed by atoms with Crippen LogP contribution in [0.4, 0.5) is 9.59 Å². The molecule has 1 unspecified atom stereocenters. The Labute approximate surface area is 125 Å². The molecule has 0 saturated carbocycles. The van der Waals surface area contributed by atoms with Crippen LogP contribution >= 0.6 is 0 Å². The molecule has 1 fully saturated rings. The maximum Gasteiger partial charge on any atom is 0.407 e. The Hall–Kier alpha value is -2.65. The van der Waals surface area contributed by atoms with E-state index in [4.69, 9.17) is 4.74 Å². The normalized spacial score (nSPS) is 21.3. The first-order chi connectivity index (χ1) is 10.1. The number of rotatable bonds is 3. The molecule has 1 aromatic rings. The summed E-state index contributed by atoms with van der Waals surface area (Å²) in [5.74, 6) is -0.660. The number of urea groups is 1. The van der Waals surface area contributed by atoms with Gasteiger partial charge in [0.05, 0.1) is 6.54 Å². The number of nitrogens with zero attached hydrogens (tertiary/aromatic N) is 2. The van der Waals surface area contributed by atoms with Gasteiger partial charge in [0, 0.05) is 0 Å². The third kappa shape index (κ3) is 3.00. The van der Waals surface area contributed by atoms with Crippen molar-refractivity contribution < 1.29 is 23.7 Å². The number of imide groups is 1. The lowest BCUT2D eigenvalue weighted by molar-refractivity contribution is -0.124. The highest BCUT2D eigenvalue weighted by molar-refractivity contribution is 6.07. The molecule has 1 aromatic heterocycles. The van der Waals surface area contributed by atoms with Crippen molar-refractivity contribution in [2.45, 2.75) is 38.8 Å². The van der Waals surface area contributed by atoms with E-state index < -0.39 is 29.2 Å². The SMILES string of the molecule is Cc1nonc1C1(CNC(=O)OC(C)(C)C)NC(=O)NC1=O. The third-order valence-electron chi connectivity index (χ3n) is 2.90. The van der Waals surface area contributed by atoms with Crippen LogP contribution in [0.1, 0.15) is 32.2 Å². The highest BCUT2D eigenvalue weighted by Crippen LogP contribution is 2.25. The van der Waals surface area contributed by atoms with Crippen LogP contribution in [-0.4, -0.2) is 40.5 Å². The second kappa shape index (κ2) is 5.28. The van der Waals surface area contributed by atoms with E-state index in [2.05, 4.69) is 30.9 Å². The third-order valence-corrected chi connectivity index (χ3v) is 2.90. The van der Waals surface area contributed by atoms with Gasteiger partial charge in [-0.3, -0.25) is 10.1 Å². The molecule has 0 spiro atoms. The molecule has 10 nitrogen and oxygen atoms in total. The van der Waals surface area contributed by atoms with Gasteiger partial charge >= 0.3 is 12.1 Å². The first-order valence-corrected chi connectivity index (χ1v) is 6.54. The van der Waals surface area contributed by atoms with E-state index in [1.807, 2.05) is 0 Å². The molecule has 0 bridgehead atoms. The number of carbonyl (C=O) groups is 3. The van der Waals surface area contributed by atoms with E-state index in [0.717, 1.165) is 0 Å². The lowest BCUT2D eigenvalue weighted by Crippen LogP contribution is -2.53. The summed E-state index contributed by atoms with van der Waals surface area (Å²) in [7, 11) is 0. The Morgan fingerprint density at radius 3 is 2.50 bits per heavy atom. The van der Waals surface area contributed by atoms with E-state index in [1.165, 1.54) is 0 Å². The van der Waals surface area contributed by atoms with Crippen molar-refractivity contribution in [3.63, 3.8) is 0 Å². The summed E-state index contributed by atoms with van der Waals surface area (Å²) in [6.45, 7) is 6.43. The minimum atomic E-state index is -1.59. The number of aromatic nitrogens is 2. The van der Waals surface area contributed by atoms with E-state index in [1.54, 1.807) is 27.7 Å². The van der Waals surface area contributed by atoms with Crippen LogP contribution in [0.5, 0.6) is 0 Å². The summed E-state index contributed by atoms with van der Waals surface area (Å²) in [5, 5.41) is 14.2. The number of nitrogens with one attached hydrogen (secondary N) is 3. The molecule has 4 amide bonds. The summed E-state index contributed by atoms with van der Waals surface area (Å²) in [6.07, 6.45) is -0.727. The zero-order chi connectivity index (χ0) is 16.5. The van der Waals surface area contributed by atoms with Crippen molar-refractivity contribution in [3.8, 4) is 0 Å². The Morgan fingerprint density at radius 2 is 2.05 bits per heavy atom. The summed E-state index contributed by atoms with van der Waals surface area (Å²) in [6, 6.07) is -0.696. The number of aryl methyl sites for hydroxylation is 1. The highest BCUT2D eigenvalue weighted by atomic mass is 16.6. The molecule has 10 heteroatoms. The Kier molecular flexibility index (Phi) is 3.77. The van der Waals surface area contributed by atoms with Gasteiger partial charge in [0.2, 0.25) is 0 Å². The number of alkyl carbamates (subject to hydrolysis) is 1. The van der Waals surface area contributed by atoms with Crippen LogP contribution in [0.25, 0.3) is 0 Å². The van der Waals surface area contributed by atoms with Crippen molar-refractivity contribution in [3.05, 3.63) is 11.4 Å². The molecule has 0 aromatic carbocycles. The minimum absolute atomic E-state index is 0.118. The molecular formula is C12H17N5O5. The van der Waals surface area contributed by atoms with Gasteiger partial charge in [-0.25, -0.2) is 14.2 Å². The zero-order valence-corrected chi connectivity index (χ0v) is 12.6. The number of hydrogen-bond donors (Lipinski definition) is 3. The van der Waals surface area contributed by atoms with E-state index in [0.29, 0.717) is 5.69 Å². The van der Waals surface area contributed by atoms with Crippen molar-refractivity contribution >= 4 is 18.0 Å². The molecule has 1 atom stereocenters. The predicted molar refractivity (Wildman–Crippen MR) is 71.6 cm³/mol. The summed E-state index contributed by atoms with van der Waals surface area (Å²) in [5.41, 5.74) is -1.84. The van der Waals surface area contributed by atoms with Gasteiger partial charge < -0.3 is 15.4 Å². The van der Waals surface area contributed by atoms with E-state index in [9.17, 15) is 14.4 Å². The number of ether oxygens (including phenoxy) is 1. The van der Waals surface area contributed by atoms with Crippen LogP contribution in [0.2, 0.25) is 0 Å². The number of carbonyl (C=O) groups excluding carboxylic acids is 3. The molecule has 22 heavy (non-hydrogen) atoms. The van der Waals surface area contributed by atoms with Crippen molar-refractivity contribution in [1.29, 1.82) is 0 Å². The van der Waals surface area contributed by atoms with Crippen LogP contribution in [0, 0.1) is 6.92 Å². The maximum atomic E-state index is 12.2. The average Bonchev–Trinajstić information content (AvgIpc) is 2.89. The lowest BCUT2D eigenvalue weighted by atomic mass is 9.94. The largest absolute Gasteiger partial charge is 0.444 e. The highest BCUT2D eigenvalue weighted by Gasteiger charge is 2.51. The van der Waals surface area contributed by atoms with Gasteiger partial charge in [-0.1, -0.05) is 10.3 Å². The van der Waals surface area contributed by atoms with E-state index in [-0.39, 0.29) is 12.2 Å². The van der Waals surface area contributed by atoms with Crippen LogP contribution < -0.4 is 16.0 Å². The van der Waals surface area contributed by atoms with Crippen molar-refractivity contribution in [2.75, 3.05) is 6.54 Å². The van der Waals surface area contributed by atoms with Crippen LogP contribution in [0.15, 0.2) is 4.63 Å². The number of amides is 4. The second-order valence-electron chi connectivity index (χ2n) is 5.87. The smallest absolute Gasteiger partial charge is 0.407 e. The topological polar surface area (TPSA) is 135 Å². The van der Waals surface area contributed by atoms with Crippen molar-refractivity contribution in [1.82, 2.24) is 26.3 Å². The van der Waals surface area contributed by atoms with Gasteiger partial charge in [-0.2, -0.15) is 0 Å². The Bertz CT molecular complexity index is 620. The molecule has 1 aliphatic rings. The summed E-state index contributed by atoms with van der Waals surface area (Å²) >= 11 is 0. The van der Waals surface area contributed by atoms with Gasteiger partial charge in [0.1, 0.15) is 17.0 Å². The van der Waals surface area contributed by atoms with Gasteiger partial charge in [0.25, 0.3) is 5.91 Å². The molecule has 3 N–H and O–H groups in total. The van der Waals surface area contributed by atoms with Crippen molar-refractivity contribution in [2.24, 2.45) is 0 Å². The monoisotopic (exact) mass is 311 g/mol. The minimum Gasteiger partial charge on any atom is -0.444 e. The fraction of sp³-hybridized carbons (Fsp3) is 0.583. The van der Waals surface area contributed by atoms with Gasteiger partial charge in [0.15, 0.2) is 5.54 Å². The maximum absolute atomic E-state index is 12.2. The zero-order valence-electron chi connectivity index (χ0n) is 12.6. The molecule has 1 aliphatic heterocycles. The fourth-order valence-corrected chi connectivity index (χ4v) is 2.00. The standard InChI is InChI=1S/C12H17N5O5/c1-6-7(17-22-16-6)12(8(18)14-9(19)15-12)5-13-10(20)21-11(2,3)4/h5H2,1-4H3,(H,13,20)(H2,14,15,18,19). The molecular weight excluding hydrogens is 294 g/mol. The molecule has 0 radical (unpaired) electrons. The fourth-order valence-electron chi connectivity index (χ4n) is 2.00. The molecule has 120 valence electrons. The van der Waals surface area contributed by atoms with E-state index >= 15 is 0 Å². The first-order valence-electron chi connectivity index (χ1n) is 6.54. The number of hydrogen-bond acceptors (Lipinski definition) is 7. The van der Waals surface area contributed by atoms with Gasteiger partial charge in [-0.05, 0) is 27.7 Å². The Morgan fingerprint density at radius 1 is 1.36 bits per heavy atom. The molecule has 0 aliphatic carbocycles. The summed E-state index contributed by atoms with van der Waals surface area (Å²) < 4.78 is 9.68. The molecule has 1 saturated heterocycles. The Balaban J connectivity index is 2.21. The van der Waals surface area contributed by atoms with Gasteiger partial charge in [-0.15, -0.1) is 0 Å².